The highest BCUT2D eigenvalue weighted by Gasteiger charge is 2.30. The summed E-state index contributed by atoms with van der Waals surface area (Å²) in [7, 11) is 0. The summed E-state index contributed by atoms with van der Waals surface area (Å²) in [6.45, 7) is 4.53. The van der Waals surface area contributed by atoms with E-state index in [4.69, 9.17) is 5.73 Å². The van der Waals surface area contributed by atoms with E-state index < -0.39 is 5.54 Å². The summed E-state index contributed by atoms with van der Waals surface area (Å²) in [5.74, 6) is 1.37. The summed E-state index contributed by atoms with van der Waals surface area (Å²) >= 11 is 1.78. The van der Waals surface area contributed by atoms with Crippen molar-refractivity contribution in [3.05, 3.63) is 35.9 Å². The van der Waals surface area contributed by atoms with Crippen LogP contribution >= 0.6 is 11.8 Å². The zero-order valence-electron chi connectivity index (χ0n) is 11.3. The van der Waals surface area contributed by atoms with E-state index in [9.17, 15) is 4.79 Å². The fraction of sp³-hybridized carbons (Fsp3) is 0.500. The zero-order chi connectivity index (χ0) is 13.6. The van der Waals surface area contributed by atoms with E-state index in [1.807, 2.05) is 30.3 Å². The maximum Gasteiger partial charge on any atom is 0.244 e. The van der Waals surface area contributed by atoms with Crippen LogP contribution < -0.4 is 11.1 Å². The van der Waals surface area contributed by atoms with Gasteiger partial charge in [-0.05, 0) is 30.4 Å². The van der Waals surface area contributed by atoms with Gasteiger partial charge in [0.15, 0.2) is 0 Å². The smallest absolute Gasteiger partial charge is 0.244 e. The third-order valence-corrected chi connectivity index (χ3v) is 3.81. The SMILES string of the molecule is CSCC(C)CNC(=O)C(C)(N)c1ccccc1. The minimum Gasteiger partial charge on any atom is -0.354 e. The van der Waals surface area contributed by atoms with Crippen LogP contribution in [0.25, 0.3) is 0 Å². The molecular weight excluding hydrogens is 244 g/mol. The van der Waals surface area contributed by atoms with Crippen molar-refractivity contribution in [2.75, 3.05) is 18.6 Å². The van der Waals surface area contributed by atoms with Crippen LogP contribution in [0.1, 0.15) is 19.4 Å². The van der Waals surface area contributed by atoms with Gasteiger partial charge in [-0.2, -0.15) is 11.8 Å². The number of benzene rings is 1. The van der Waals surface area contributed by atoms with E-state index in [1.54, 1.807) is 18.7 Å². The van der Waals surface area contributed by atoms with Crippen LogP contribution in [-0.2, 0) is 10.3 Å². The molecule has 0 fully saturated rings. The minimum atomic E-state index is -0.972. The van der Waals surface area contributed by atoms with Gasteiger partial charge in [-0.25, -0.2) is 0 Å². The molecule has 3 N–H and O–H groups in total. The third-order valence-electron chi connectivity index (χ3n) is 2.91. The first kappa shape index (κ1) is 15.1. The molecule has 1 rings (SSSR count). The molecule has 0 spiro atoms. The summed E-state index contributed by atoms with van der Waals surface area (Å²) in [5, 5.41) is 2.93. The topological polar surface area (TPSA) is 55.1 Å². The Balaban J connectivity index is 2.60. The molecule has 0 heterocycles. The Kier molecular flexibility index (Phi) is 5.69. The average molecular weight is 266 g/mol. The molecule has 4 heteroatoms. The molecule has 0 bridgehead atoms. The first-order chi connectivity index (χ1) is 8.48. The van der Waals surface area contributed by atoms with Gasteiger partial charge in [-0.3, -0.25) is 4.79 Å². The Bertz CT molecular complexity index is 379. The molecule has 1 amide bonds. The molecule has 0 saturated carbocycles. The van der Waals surface area contributed by atoms with E-state index in [1.165, 1.54) is 0 Å². The van der Waals surface area contributed by atoms with Crippen LogP contribution in [0.2, 0.25) is 0 Å². The third kappa shape index (κ3) is 4.03. The molecule has 18 heavy (non-hydrogen) atoms. The number of hydrogen-bond acceptors (Lipinski definition) is 3. The maximum atomic E-state index is 12.1. The quantitative estimate of drug-likeness (QED) is 0.828. The van der Waals surface area contributed by atoms with E-state index in [2.05, 4.69) is 18.5 Å². The highest BCUT2D eigenvalue weighted by atomic mass is 32.2. The van der Waals surface area contributed by atoms with Crippen molar-refractivity contribution in [1.82, 2.24) is 5.32 Å². The average Bonchev–Trinajstić information content (AvgIpc) is 2.37. The lowest BCUT2D eigenvalue weighted by atomic mass is 9.92. The monoisotopic (exact) mass is 266 g/mol. The Labute approximate surface area is 114 Å². The molecule has 1 aromatic carbocycles. The highest BCUT2D eigenvalue weighted by Crippen LogP contribution is 2.17. The molecule has 0 aliphatic rings. The van der Waals surface area contributed by atoms with Gasteiger partial charge in [-0.1, -0.05) is 37.3 Å². The maximum absolute atomic E-state index is 12.1. The van der Waals surface area contributed by atoms with Crippen molar-refractivity contribution < 1.29 is 4.79 Å². The molecule has 0 aliphatic heterocycles. The van der Waals surface area contributed by atoms with Crippen molar-refractivity contribution in [1.29, 1.82) is 0 Å². The van der Waals surface area contributed by atoms with Crippen molar-refractivity contribution in [3.8, 4) is 0 Å². The number of carbonyl (C=O) groups is 1. The second-order valence-electron chi connectivity index (χ2n) is 4.84. The number of nitrogens with one attached hydrogen (secondary N) is 1. The van der Waals surface area contributed by atoms with Crippen LogP contribution in [0.3, 0.4) is 0 Å². The Morgan fingerprint density at radius 1 is 1.44 bits per heavy atom. The Morgan fingerprint density at radius 3 is 2.61 bits per heavy atom. The summed E-state index contributed by atoms with van der Waals surface area (Å²) in [6.07, 6.45) is 2.06. The number of thioether (sulfide) groups is 1. The second-order valence-corrected chi connectivity index (χ2v) is 5.75. The largest absolute Gasteiger partial charge is 0.354 e. The fourth-order valence-corrected chi connectivity index (χ4v) is 2.40. The molecule has 2 unspecified atom stereocenters. The zero-order valence-corrected chi connectivity index (χ0v) is 12.1. The predicted octanol–water partition coefficient (Wildman–Crippen LogP) is 1.98. The van der Waals surface area contributed by atoms with Crippen LogP contribution in [0.5, 0.6) is 0 Å². The first-order valence-corrected chi connectivity index (χ1v) is 7.49. The standard InChI is InChI=1S/C14H22N2OS/c1-11(10-18-3)9-16-13(17)14(2,15)12-7-5-4-6-8-12/h4-8,11H,9-10,15H2,1-3H3,(H,16,17). The second kappa shape index (κ2) is 6.81. The summed E-state index contributed by atoms with van der Waals surface area (Å²) in [4.78, 5) is 12.1. The van der Waals surface area contributed by atoms with E-state index >= 15 is 0 Å². The van der Waals surface area contributed by atoms with Crippen LogP contribution in [-0.4, -0.2) is 24.5 Å². The van der Waals surface area contributed by atoms with Gasteiger partial charge >= 0.3 is 0 Å². The molecule has 0 aliphatic carbocycles. The number of carbonyl (C=O) groups excluding carboxylic acids is 1. The van der Waals surface area contributed by atoms with Gasteiger partial charge in [0.05, 0.1) is 0 Å². The van der Waals surface area contributed by atoms with Crippen molar-refractivity contribution >= 4 is 17.7 Å². The normalized spacial score (nSPS) is 15.8. The molecule has 3 nitrogen and oxygen atoms in total. The molecule has 0 aromatic heterocycles. The molecule has 100 valence electrons. The lowest BCUT2D eigenvalue weighted by Crippen LogP contribution is -2.50. The molecule has 1 aromatic rings. The van der Waals surface area contributed by atoms with Gasteiger partial charge in [0.1, 0.15) is 5.54 Å². The molecule has 0 saturated heterocycles. The highest BCUT2D eigenvalue weighted by molar-refractivity contribution is 7.98. The summed E-state index contributed by atoms with van der Waals surface area (Å²) in [6, 6.07) is 9.46. The lowest BCUT2D eigenvalue weighted by molar-refractivity contribution is -0.126. The fourth-order valence-electron chi connectivity index (χ4n) is 1.71. The Morgan fingerprint density at radius 2 is 2.06 bits per heavy atom. The summed E-state index contributed by atoms with van der Waals surface area (Å²) in [5.41, 5.74) is 5.99. The van der Waals surface area contributed by atoms with E-state index in [0.717, 1.165) is 11.3 Å². The van der Waals surface area contributed by atoms with Crippen LogP contribution in [0.4, 0.5) is 0 Å². The van der Waals surface area contributed by atoms with Crippen molar-refractivity contribution in [2.45, 2.75) is 19.4 Å². The van der Waals surface area contributed by atoms with E-state index in [-0.39, 0.29) is 5.91 Å². The Hall–Kier alpha value is -1.00. The number of amides is 1. The molecule has 0 radical (unpaired) electrons. The van der Waals surface area contributed by atoms with E-state index in [0.29, 0.717) is 12.5 Å². The minimum absolute atomic E-state index is 0.123. The number of hydrogen-bond donors (Lipinski definition) is 2. The van der Waals surface area contributed by atoms with Gasteiger partial charge in [0.2, 0.25) is 5.91 Å². The lowest BCUT2D eigenvalue weighted by Gasteiger charge is -2.25. The van der Waals surface area contributed by atoms with Gasteiger partial charge in [0.25, 0.3) is 0 Å². The van der Waals surface area contributed by atoms with Gasteiger partial charge in [0, 0.05) is 6.54 Å². The van der Waals surface area contributed by atoms with Crippen LogP contribution in [0, 0.1) is 5.92 Å². The van der Waals surface area contributed by atoms with Crippen molar-refractivity contribution in [2.24, 2.45) is 11.7 Å². The predicted molar refractivity (Wildman–Crippen MR) is 78.5 cm³/mol. The van der Waals surface area contributed by atoms with Crippen LogP contribution in [0.15, 0.2) is 30.3 Å². The van der Waals surface area contributed by atoms with Crippen molar-refractivity contribution in [3.63, 3.8) is 0 Å². The molecular formula is C14H22N2OS. The number of rotatable bonds is 6. The van der Waals surface area contributed by atoms with Gasteiger partial charge in [-0.15, -0.1) is 0 Å². The first-order valence-electron chi connectivity index (χ1n) is 6.10. The summed E-state index contributed by atoms with van der Waals surface area (Å²) < 4.78 is 0. The van der Waals surface area contributed by atoms with Gasteiger partial charge < -0.3 is 11.1 Å². The molecule has 2 atom stereocenters. The number of nitrogens with two attached hydrogens (primary N) is 1.